The van der Waals surface area contributed by atoms with Crippen molar-refractivity contribution < 1.29 is 9.84 Å². The monoisotopic (exact) mass is 585 g/mol. The van der Waals surface area contributed by atoms with Crippen LogP contribution in [0.4, 0.5) is 28.8 Å². The minimum Gasteiger partial charge on any atom is -0.508 e. The van der Waals surface area contributed by atoms with Gasteiger partial charge in [-0.3, -0.25) is 4.90 Å². The fraction of sp³-hybridized carbons (Fsp3) is 0.469. The molecule has 2 saturated heterocycles. The number of fused-ring (bicyclic) bond motifs is 1. The highest BCUT2D eigenvalue weighted by Gasteiger charge is 2.28. The van der Waals surface area contributed by atoms with E-state index in [1.165, 1.54) is 50.3 Å². The maximum Gasteiger partial charge on any atom is 0.229 e. The van der Waals surface area contributed by atoms with Crippen molar-refractivity contribution in [2.45, 2.75) is 39.7 Å². The number of aryl methyl sites for hydroxylation is 3. The Labute approximate surface area is 253 Å². The van der Waals surface area contributed by atoms with Crippen molar-refractivity contribution in [2.24, 2.45) is 7.05 Å². The van der Waals surface area contributed by atoms with Gasteiger partial charge in [-0.25, -0.2) is 9.67 Å². The zero-order valence-corrected chi connectivity index (χ0v) is 26.1. The van der Waals surface area contributed by atoms with Gasteiger partial charge in [0.1, 0.15) is 11.5 Å². The molecule has 0 spiro atoms. The first kappa shape index (κ1) is 29.0. The van der Waals surface area contributed by atoms with E-state index in [1.807, 2.05) is 27.0 Å². The molecule has 0 amide bonds. The smallest absolute Gasteiger partial charge is 0.229 e. The number of rotatable bonds is 7. The lowest BCUT2D eigenvalue weighted by Gasteiger charge is -2.43. The molecule has 4 heterocycles. The van der Waals surface area contributed by atoms with E-state index in [-0.39, 0.29) is 5.75 Å². The van der Waals surface area contributed by atoms with Gasteiger partial charge < -0.3 is 30.3 Å². The van der Waals surface area contributed by atoms with E-state index in [0.29, 0.717) is 23.5 Å². The van der Waals surface area contributed by atoms with Crippen LogP contribution < -0.4 is 20.3 Å². The normalized spacial score (nSPS) is 17.0. The van der Waals surface area contributed by atoms with E-state index >= 15 is 0 Å². The topological polar surface area (TPSA) is 107 Å². The van der Waals surface area contributed by atoms with Crippen LogP contribution in [0, 0.1) is 20.8 Å². The van der Waals surface area contributed by atoms with Crippen LogP contribution >= 0.6 is 0 Å². The van der Waals surface area contributed by atoms with Crippen LogP contribution in [0.2, 0.25) is 0 Å². The molecule has 0 saturated carbocycles. The Bertz CT molecular complexity index is 1620. The van der Waals surface area contributed by atoms with Gasteiger partial charge in [-0.15, -0.1) is 0 Å². The molecule has 0 atom stereocenters. The Kier molecular flexibility index (Phi) is 8.02. The Balaban J connectivity index is 1.18. The van der Waals surface area contributed by atoms with E-state index in [1.54, 1.807) is 24.1 Å². The third-order valence-corrected chi connectivity index (χ3v) is 9.09. The lowest BCUT2D eigenvalue weighted by atomic mass is 10.0. The number of hydrogen-bond donors (Lipinski definition) is 3. The SMILES string of the molecule is COc1cc(N2CCC(N3CCN(C)CC3)CC2)c(C)cc1Nc1ncc2c(Nc3c(C)ccc(O)c3C)nn(C)c2n1. The van der Waals surface area contributed by atoms with Crippen molar-refractivity contribution in [1.29, 1.82) is 0 Å². The van der Waals surface area contributed by atoms with Gasteiger partial charge in [0.15, 0.2) is 11.5 Å². The predicted octanol–water partition coefficient (Wildman–Crippen LogP) is 4.71. The minimum absolute atomic E-state index is 0.237. The zero-order chi connectivity index (χ0) is 30.2. The standard InChI is InChI=1S/C32H43N9O2/c1-20-7-8-27(42)22(3)29(20)35-30-24-19-33-32(36-31(24)39(5)37-30)34-25-17-21(2)26(18-28(25)43-6)41-11-9-23(10-12-41)40-15-13-38(4)14-16-40/h7-8,17-19,23,42H,9-16H2,1-6H3,(H,35,37)(H,33,34,36). The Morgan fingerprint density at radius 2 is 1.67 bits per heavy atom. The molecule has 4 aromatic rings. The Hall–Kier alpha value is -4.09. The average molecular weight is 586 g/mol. The fourth-order valence-corrected chi connectivity index (χ4v) is 6.40. The second kappa shape index (κ2) is 11.9. The maximum atomic E-state index is 10.2. The third kappa shape index (κ3) is 5.79. The highest BCUT2D eigenvalue weighted by atomic mass is 16.5. The average Bonchev–Trinajstić information content (AvgIpc) is 3.32. The minimum atomic E-state index is 0.237. The van der Waals surface area contributed by atoms with Gasteiger partial charge in [-0.1, -0.05) is 6.07 Å². The molecule has 6 rings (SSSR count). The van der Waals surface area contributed by atoms with Gasteiger partial charge in [0.05, 0.1) is 18.2 Å². The summed E-state index contributed by atoms with van der Waals surface area (Å²) in [5.74, 6) is 2.09. The molecule has 0 radical (unpaired) electrons. The van der Waals surface area contributed by atoms with Crippen molar-refractivity contribution in [2.75, 3.05) is 69.0 Å². The summed E-state index contributed by atoms with van der Waals surface area (Å²) in [7, 11) is 5.78. The van der Waals surface area contributed by atoms with Crippen LogP contribution in [-0.4, -0.2) is 94.1 Å². The lowest BCUT2D eigenvalue weighted by molar-refractivity contribution is 0.0982. The van der Waals surface area contributed by atoms with E-state index < -0.39 is 0 Å². The molecule has 0 unspecified atom stereocenters. The quantitative estimate of drug-likeness (QED) is 0.282. The number of piperidine rings is 1. The Morgan fingerprint density at radius 1 is 0.930 bits per heavy atom. The van der Waals surface area contributed by atoms with Gasteiger partial charge in [0.2, 0.25) is 5.95 Å². The summed E-state index contributed by atoms with van der Waals surface area (Å²) in [5.41, 5.74) is 6.52. The number of methoxy groups -OCH3 is 1. The van der Waals surface area contributed by atoms with Gasteiger partial charge in [-0.2, -0.15) is 10.1 Å². The van der Waals surface area contributed by atoms with Crippen LogP contribution in [0.3, 0.4) is 0 Å². The van der Waals surface area contributed by atoms with E-state index in [9.17, 15) is 5.11 Å². The molecule has 0 bridgehead atoms. The van der Waals surface area contributed by atoms with E-state index in [0.717, 1.165) is 46.7 Å². The molecule has 2 aliphatic rings. The lowest BCUT2D eigenvalue weighted by Crippen LogP contribution is -2.52. The largest absolute Gasteiger partial charge is 0.508 e. The molecule has 11 heteroatoms. The number of benzene rings is 2. The van der Waals surface area contributed by atoms with Crippen molar-refractivity contribution in [3.8, 4) is 11.5 Å². The first-order valence-electron chi connectivity index (χ1n) is 15.1. The molecule has 2 aromatic carbocycles. The second-order valence-corrected chi connectivity index (χ2v) is 12.0. The van der Waals surface area contributed by atoms with Crippen LogP contribution in [0.25, 0.3) is 11.0 Å². The molecular weight excluding hydrogens is 542 g/mol. The highest BCUT2D eigenvalue weighted by Crippen LogP contribution is 2.37. The summed E-state index contributed by atoms with van der Waals surface area (Å²) in [6, 6.07) is 8.52. The molecule has 43 heavy (non-hydrogen) atoms. The van der Waals surface area contributed by atoms with Gasteiger partial charge >= 0.3 is 0 Å². The number of likely N-dealkylation sites (N-methyl/N-ethyl adjacent to an activating group) is 1. The summed E-state index contributed by atoms with van der Waals surface area (Å²) in [5, 5.41) is 22.4. The summed E-state index contributed by atoms with van der Waals surface area (Å²) in [6.45, 7) is 12.8. The predicted molar refractivity (Wildman–Crippen MR) is 172 cm³/mol. The molecule has 3 N–H and O–H groups in total. The fourth-order valence-electron chi connectivity index (χ4n) is 6.40. The molecule has 2 fully saturated rings. The highest BCUT2D eigenvalue weighted by molar-refractivity contribution is 5.90. The third-order valence-electron chi connectivity index (χ3n) is 9.09. The van der Waals surface area contributed by atoms with Gasteiger partial charge in [0, 0.05) is 81.6 Å². The first-order chi connectivity index (χ1) is 20.7. The maximum absolute atomic E-state index is 10.2. The zero-order valence-electron chi connectivity index (χ0n) is 26.1. The number of piperazine rings is 1. The van der Waals surface area contributed by atoms with Gasteiger partial charge in [-0.05, 0) is 63.9 Å². The van der Waals surface area contributed by atoms with Crippen molar-refractivity contribution >= 4 is 39.9 Å². The number of hydrogen-bond acceptors (Lipinski definition) is 10. The summed E-state index contributed by atoms with van der Waals surface area (Å²) in [4.78, 5) is 17.0. The van der Waals surface area contributed by atoms with Gasteiger partial charge in [0.25, 0.3) is 0 Å². The summed E-state index contributed by atoms with van der Waals surface area (Å²) < 4.78 is 7.57. The number of phenols is 1. The molecule has 2 aromatic heterocycles. The van der Waals surface area contributed by atoms with Crippen LogP contribution in [-0.2, 0) is 7.05 Å². The first-order valence-corrected chi connectivity index (χ1v) is 15.1. The number of nitrogens with zero attached hydrogens (tertiary/aromatic N) is 7. The molecule has 228 valence electrons. The number of phenolic OH excluding ortho intramolecular Hbond substituents is 1. The summed E-state index contributed by atoms with van der Waals surface area (Å²) >= 11 is 0. The number of aromatic hydroxyl groups is 1. The molecule has 0 aliphatic carbocycles. The van der Waals surface area contributed by atoms with E-state index in [2.05, 4.69) is 61.5 Å². The number of nitrogens with one attached hydrogen (secondary N) is 2. The number of aromatic nitrogens is 4. The van der Waals surface area contributed by atoms with Crippen molar-refractivity contribution in [3.63, 3.8) is 0 Å². The molecule has 11 nitrogen and oxygen atoms in total. The van der Waals surface area contributed by atoms with Crippen LogP contribution in [0.1, 0.15) is 29.5 Å². The second-order valence-electron chi connectivity index (χ2n) is 12.0. The Morgan fingerprint density at radius 3 is 2.40 bits per heavy atom. The molecule has 2 aliphatic heterocycles. The van der Waals surface area contributed by atoms with Crippen LogP contribution in [0.15, 0.2) is 30.5 Å². The van der Waals surface area contributed by atoms with E-state index in [4.69, 9.17) is 9.72 Å². The van der Waals surface area contributed by atoms with Crippen LogP contribution in [0.5, 0.6) is 11.5 Å². The number of ether oxygens (including phenoxy) is 1. The molecular formula is C32H43N9O2. The van der Waals surface area contributed by atoms with Crippen molar-refractivity contribution in [1.82, 2.24) is 29.5 Å². The van der Waals surface area contributed by atoms with Crippen molar-refractivity contribution in [3.05, 3.63) is 47.2 Å². The summed E-state index contributed by atoms with van der Waals surface area (Å²) in [6.07, 6.45) is 4.14. The number of anilines is 5.